The van der Waals surface area contributed by atoms with E-state index >= 15 is 0 Å². The smallest absolute Gasteiger partial charge is 0.249 e. The van der Waals surface area contributed by atoms with Gasteiger partial charge in [-0.25, -0.2) is 4.98 Å². The van der Waals surface area contributed by atoms with Crippen LogP contribution in [0.25, 0.3) is 5.13 Å². The minimum atomic E-state index is -1.52. The molecule has 1 atom stereocenters. The Balaban J connectivity index is 1.91. The van der Waals surface area contributed by atoms with Crippen LogP contribution in [0, 0.1) is 38.0 Å². The average Bonchev–Trinajstić information content (AvgIpc) is 3.32. The number of aromatic nitrogens is 2. The Morgan fingerprint density at radius 3 is 2.63 bits per heavy atom. The number of amides is 1. The maximum atomic E-state index is 13.1. The standard InChI is InChI=1S/C21H19ClN4O3S/c1-11-7-17(18(29-4)9-16(11)22)25-20(28)15(10-23)19(27)14-8-12(2)26(13(14)3)21-24-5-6-30-21/h5-9,15H,1-4H3,(H,25,28). The SMILES string of the molecule is COc1cc(Cl)c(C)cc1NC(=O)C(C#N)C(=O)c1cc(C)n(-c2nccs2)c1C. The van der Waals surface area contributed by atoms with Crippen LogP contribution in [0.15, 0.2) is 29.8 Å². The Labute approximate surface area is 182 Å². The van der Waals surface area contributed by atoms with Crippen molar-refractivity contribution >= 4 is 40.3 Å². The highest BCUT2D eigenvalue weighted by atomic mass is 35.5. The quantitative estimate of drug-likeness (QED) is 0.448. The molecule has 2 aromatic heterocycles. The molecule has 154 valence electrons. The van der Waals surface area contributed by atoms with E-state index in [1.807, 2.05) is 22.9 Å². The van der Waals surface area contributed by atoms with E-state index in [0.717, 1.165) is 11.3 Å². The number of carbonyl (C=O) groups excluding carboxylic acids is 2. The molecule has 0 bridgehead atoms. The zero-order chi connectivity index (χ0) is 22.0. The lowest BCUT2D eigenvalue weighted by atomic mass is 9.98. The minimum absolute atomic E-state index is 0.309. The van der Waals surface area contributed by atoms with Gasteiger partial charge in [-0.1, -0.05) is 11.6 Å². The topological polar surface area (TPSA) is 97.0 Å². The van der Waals surface area contributed by atoms with Crippen molar-refractivity contribution in [1.29, 1.82) is 5.26 Å². The molecule has 0 radical (unpaired) electrons. The Morgan fingerprint density at radius 1 is 1.30 bits per heavy atom. The summed E-state index contributed by atoms with van der Waals surface area (Å²) in [6, 6.07) is 6.69. The molecule has 2 heterocycles. The maximum Gasteiger partial charge on any atom is 0.249 e. The molecule has 0 saturated carbocycles. The van der Waals surface area contributed by atoms with Gasteiger partial charge in [0, 0.05) is 39.6 Å². The fraction of sp³-hybridized carbons (Fsp3) is 0.238. The molecule has 0 saturated heterocycles. The summed E-state index contributed by atoms with van der Waals surface area (Å²) in [5, 5.41) is 15.2. The minimum Gasteiger partial charge on any atom is -0.495 e. The maximum absolute atomic E-state index is 13.1. The van der Waals surface area contributed by atoms with Crippen LogP contribution in [0.3, 0.4) is 0 Å². The van der Waals surface area contributed by atoms with Gasteiger partial charge in [0.1, 0.15) is 5.75 Å². The number of methoxy groups -OCH3 is 1. The summed E-state index contributed by atoms with van der Waals surface area (Å²) < 4.78 is 7.07. The molecule has 0 spiro atoms. The van der Waals surface area contributed by atoms with Crippen LogP contribution >= 0.6 is 22.9 Å². The van der Waals surface area contributed by atoms with Crippen molar-refractivity contribution in [2.45, 2.75) is 20.8 Å². The van der Waals surface area contributed by atoms with Crippen molar-refractivity contribution < 1.29 is 14.3 Å². The number of nitrogens with zero attached hydrogens (tertiary/aromatic N) is 3. The van der Waals surface area contributed by atoms with E-state index in [4.69, 9.17) is 16.3 Å². The number of nitriles is 1. The number of Topliss-reactive ketones (excluding diaryl/α,β-unsaturated/α-hetero) is 1. The number of benzene rings is 1. The Kier molecular flexibility index (Phi) is 6.25. The molecular formula is C21H19ClN4O3S. The number of hydrogen-bond acceptors (Lipinski definition) is 6. The number of thiazole rings is 1. The lowest BCUT2D eigenvalue weighted by Gasteiger charge is -2.14. The van der Waals surface area contributed by atoms with Gasteiger partial charge in [-0.3, -0.25) is 14.2 Å². The first-order valence-electron chi connectivity index (χ1n) is 8.96. The second-order valence-corrected chi connectivity index (χ2v) is 7.93. The van der Waals surface area contributed by atoms with Gasteiger partial charge in [0.15, 0.2) is 16.8 Å². The Morgan fingerprint density at radius 2 is 2.03 bits per heavy atom. The highest BCUT2D eigenvalue weighted by molar-refractivity contribution is 7.12. The molecule has 0 aliphatic carbocycles. The van der Waals surface area contributed by atoms with Crippen LogP contribution in [0.2, 0.25) is 5.02 Å². The summed E-state index contributed by atoms with van der Waals surface area (Å²) >= 11 is 7.52. The van der Waals surface area contributed by atoms with Crippen LogP contribution in [0.4, 0.5) is 5.69 Å². The van der Waals surface area contributed by atoms with E-state index in [9.17, 15) is 14.9 Å². The van der Waals surface area contributed by atoms with Gasteiger partial charge in [0.25, 0.3) is 0 Å². The van der Waals surface area contributed by atoms with Gasteiger partial charge in [0.05, 0.1) is 18.9 Å². The predicted octanol–water partition coefficient (Wildman–Crippen LogP) is 4.48. The van der Waals surface area contributed by atoms with Crippen LogP contribution in [0.1, 0.15) is 27.3 Å². The van der Waals surface area contributed by atoms with E-state index in [2.05, 4.69) is 10.3 Å². The first kappa shape index (κ1) is 21.6. The van der Waals surface area contributed by atoms with Crippen molar-refractivity contribution in [1.82, 2.24) is 9.55 Å². The zero-order valence-electron chi connectivity index (χ0n) is 16.8. The highest BCUT2D eigenvalue weighted by Crippen LogP contribution is 2.31. The van der Waals surface area contributed by atoms with Crippen molar-refractivity contribution in [3.05, 3.63) is 57.3 Å². The molecule has 0 aliphatic rings. The third kappa shape index (κ3) is 3.95. The average molecular weight is 443 g/mol. The number of aryl methyl sites for hydroxylation is 2. The molecular weight excluding hydrogens is 424 g/mol. The Hall–Kier alpha value is -3.15. The number of ether oxygens (including phenoxy) is 1. The number of nitrogens with one attached hydrogen (secondary N) is 1. The second-order valence-electron chi connectivity index (χ2n) is 6.65. The first-order valence-corrected chi connectivity index (χ1v) is 10.2. The molecule has 1 amide bonds. The van der Waals surface area contributed by atoms with Crippen LogP contribution in [-0.4, -0.2) is 28.4 Å². The number of rotatable bonds is 6. The third-order valence-corrected chi connectivity index (χ3v) is 5.86. The largest absolute Gasteiger partial charge is 0.495 e. The molecule has 1 unspecified atom stereocenters. The van der Waals surface area contributed by atoms with Crippen LogP contribution in [0.5, 0.6) is 5.75 Å². The molecule has 1 aromatic carbocycles. The number of hydrogen-bond donors (Lipinski definition) is 1. The summed E-state index contributed by atoms with van der Waals surface area (Å²) in [5.74, 6) is -2.49. The van der Waals surface area contributed by atoms with Gasteiger partial charge in [-0.05, 0) is 38.5 Å². The molecule has 1 N–H and O–H groups in total. The van der Waals surface area contributed by atoms with Gasteiger partial charge in [-0.2, -0.15) is 5.26 Å². The molecule has 0 fully saturated rings. The fourth-order valence-corrected chi connectivity index (χ4v) is 4.06. The summed E-state index contributed by atoms with van der Waals surface area (Å²) in [6.07, 6.45) is 1.67. The molecule has 0 aliphatic heterocycles. The highest BCUT2D eigenvalue weighted by Gasteiger charge is 2.31. The van der Waals surface area contributed by atoms with Crippen LogP contribution in [-0.2, 0) is 4.79 Å². The molecule has 7 nitrogen and oxygen atoms in total. The van der Waals surface area contributed by atoms with Crippen molar-refractivity contribution in [2.24, 2.45) is 5.92 Å². The number of carbonyl (C=O) groups is 2. The normalized spacial score (nSPS) is 11.6. The van der Waals surface area contributed by atoms with Gasteiger partial charge >= 0.3 is 0 Å². The number of halogens is 1. The van der Waals surface area contributed by atoms with E-state index in [1.165, 1.54) is 18.4 Å². The number of anilines is 1. The van der Waals surface area contributed by atoms with Gasteiger partial charge < -0.3 is 10.1 Å². The molecule has 30 heavy (non-hydrogen) atoms. The predicted molar refractivity (Wildman–Crippen MR) is 116 cm³/mol. The summed E-state index contributed by atoms with van der Waals surface area (Å²) in [6.45, 7) is 5.38. The monoisotopic (exact) mass is 442 g/mol. The summed E-state index contributed by atoms with van der Waals surface area (Å²) in [5.41, 5.74) is 2.78. The van der Waals surface area contributed by atoms with Crippen LogP contribution < -0.4 is 10.1 Å². The summed E-state index contributed by atoms with van der Waals surface area (Å²) in [7, 11) is 1.44. The lowest BCUT2D eigenvalue weighted by Crippen LogP contribution is -2.29. The number of ketones is 1. The van der Waals surface area contributed by atoms with E-state index < -0.39 is 17.6 Å². The van der Waals surface area contributed by atoms with E-state index in [-0.39, 0.29) is 0 Å². The van der Waals surface area contributed by atoms with Crippen molar-refractivity contribution in [3.8, 4) is 17.0 Å². The second kappa shape index (κ2) is 8.69. The first-order chi connectivity index (χ1) is 14.3. The summed E-state index contributed by atoms with van der Waals surface area (Å²) in [4.78, 5) is 30.1. The lowest BCUT2D eigenvalue weighted by molar-refractivity contribution is -0.117. The van der Waals surface area contributed by atoms with E-state index in [0.29, 0.717) is 32.8 Å². The molecule has 3 rings (SSSR count). The van der Waals surface area contributed by atoms with Gasteiger partial charge in [-0.15, -0.1) is 11.3 Å². The third-order valence-electron chi connectivity index (χ3n) is 4.70. The molecule has 9 heteroatoms. The van der Waals surface area contributed by atoms with E-state index in [1.54, 1.807) is 38.2 Å². The molecule has 3 aromatic rings. The van der Waals surface area contributed by atoms with Crippen molar-refractivity contribution in [2.75, 3.05) is 12.4 Å². The fourth-order valence-electron chi connectivity index (χ4n) is 3.16. The van der Waals surface area contributed by atoms with Gasteiger partial charge in [0.2, 0.25) is 5.91 Å². The zero-order valence-corrected chi connectivity index (χ0v) is 18.4. The van der Waals surface area contributed by atoms with Crippen molar-refractivity contribution in [3.63, 3.8) is 0 Å². The Bertz CT molecular complexity index is 1160.